The minimum atomic E-state index is -1.29. The van der Waals surface area contributed by atoms with Crippen LogP contribution >= 0.6 is 0 Å². The summed E-state index contributed by atoms with van der Waals surface area (Å²) in [5.74, 6) is -1.29. The van der Waals surface area contributed by atoms with Gasteiger partial charge < -0.3 is 20.9 Å². The summed E-state index contributed by atoms with van der Waals surface area (Å²) in [6, 6.07) is -0.428. The Morgan fingerprint density at radius 2 is 1.73 bits per heavy atom. The summed E-state index contributed by atoms with van der Waals surface area (Å²) in [7, 11) is 0. The average Bonchev–Trinajstić information content (AvgIpc) is 2.56. The lowest BCUT2D eigenvalue weighted by molar-refractivity contribution is 0.131. The number of ether oxygens (including phenoxy) is 2. The van der Waals surface area contributed by atoms with Crippen molar-refractivity contribution >= 4 is 6.16 Å². The summed E-state index contributed by atoms with van der Waals surface area (Å²) < 4.78 is 8.58. The van der Waals surface area contributed by atoms with Crippen LogP contribution in [0.2, 0.25) is 0 Å². The molecule has 0 aromatic carbocycles. The van der Waals surface area contributed by atoms with Crippen LogP contribution in [0.1, 0.15) is 6.42 Å². The Morgan fingerprint density at radius 3 is 1.87 bits per heavy atom. The van der Waals surface area contributed by atoms with E-state index in [-0.39, 0.29) is 0 Å². The zero-order chi connectivity index (χ0) is 11.9. The number of rotatable bonds is 3. The van der Waals surface area contributed by atoms with Crippen LogP contribution in [0.5, 0.6) is 0 Å². The Kier molecular flexibility index (Phi) is 6.13. The summed E-state index contributed by atoms with van der Waals surface area (Å²) in [4.78, 5) is 9.80. The summed E-state index contributed by atoms with van der Waals surface area (Å²) in [5, 5.41) is 0. The molecule has 1 aliphatic heterocycles. The molecule has 0 spiro atoms. The maximum Gasteiger partial charge on any atom is 0.508 e. The topological polar surface area (TPSA) is 166 Å². The SMILES string of the molecule is NCCC(N)C(N)(N)N.O=C1OCCO1. The third kappa shape index (κ3) is 7.05. The molecule has 90 valence electrons. The molecule has 0 radical (unpaired) electrons. The largest absolute Gasteiger partial charge is 0.508 e. The van der Waals surface area contributed by atoms with Crippen LogP contribution in [0.25, 0.3) is 0 Å². The van der Waals surface area contributed by atoms with Gasteiger partial charge in [-0.25, -0.2) is 4.79 Å². The van der Waals surface area contributed by atoms with Gasteiger partial charge in [-0.1, -0.05) is 0 Å². The zero-order valence-corrected chi connectivity index (χ0v) is 8.52. The van der Waals surface area contributed by atoms with Gasteiger partial charge in [-0.15, -0.1) is 0 Å². The van der Waals surface area contributed by atoms with Crippen molar-refractivity contribution in [1.29, 1.82) is 0 Å². The van der Waals surface area contributed by atoms with E-state index in [0.717, 1.165) is 0 Å². The number of hydrogen-bond acceptors (Lipinski definition) is 8. The second-order valence-electron chi connectivity index (χ2n) is 3.13. The lowest BCUT2D eigenvalue weighted by Gasteiger charge is -2.25. The van der Waals surface area contributed by atoms with Gasteiger partial charge in [0, 0.05) is 0 Å². The minimum absolute atomic E-state index is 0.416. The molecule has 1 fully saturated rings. The predicted octanol–water partition coefficient (Wildman–Crippen LogP) is -2.65. The third-order valence-electron chi connectivity index (χ3n) is 1.64. The van der Waals surface area contributed by atoms with Crippen LogP contribution in [0.3, 0.4) is 0 Å². The van der Waals surface area contributed by atoms with E-state index >= 15 is 0 Å². The normalized spacial score (nSPS) is 17.3. The molecule has 0 saturated carbocycles. The van der Waals surface area contributed by atoms with Crippen LogP contribution in [0.4, 0.5) is 4.79 Å². The van der Waals surface area contributed by atoms with E-state index in [0.29, 0.717) is 26.2 Å². The van der Waals surface area contributed by atoms with E-state index in [9.17, 15) is 4.79 Å². The van der Waals surface area contributed by atoms with Crippen molar-refractivity contribution < 1.29 is 14.3 Å². The van der Waals surface area contributed by atoms with E-state index < -0.39 is 18.0 Å². The maximum absolute atomic E-state index is 9.80. The summed E-state index contributed by atoms with van der Waals surface area (Å²) in [5.41, 5.74) is 26.3. The second-order valence-corrected chi connectivity index (χ2v) is 3.13. The number of nitrogens with two attached hydrogens (primary N) is 5. The van der Waals surface area contributed by atoms with E-state index in [1.807, 2.05) is 0 Å². The molecular weight excluding hydrogens is 202 g/mol. The zero-order valence-electron chi connectivity index (χ0n) is 8.52. The number of cyclic esters (lactones) is 2. The van der Waals surface area contributed by atoms with Gasteiger partial charge in [-0.3, -0.25) is 17.2 Å². The molecule has 0 amide bonds. The van der Waals surface area contributed by atoms with Crippen molar-refractivity contribution in [3.05, 3.63) is 0 Å². The Morgan fingerprint density at radius 1 is 1.27 bits per heavy atom. The first-order valence-corrected chi connectivity index (χ1v) is 4.49. The van der Waals surface area contributed by atoms with Crippen LogP contribution in [0.15, 0.2) is 0 Å². The molecule has 10 N–H and O–H groups in total. The number of hydrogen-bond donors (Lipinski definition) is 5. The number of carbonyl (C=O) groups is 1. The molecule has 1 unspecified atom stereocenters. The fourth-order valence-electron chi connectivity index (χ4n) is 0.721. The van der Waals surface area contributed by atoms with E-state index in [1.54, 1.807) is 0 Å². The predicted molar refractivity (Wildman–Crippen MR) is 54.2 cm³/mol. The van der Waals surface area contributed by atoms with Gasteiger partial charge in [0.1, 0.15) is 19.0 Å². The standard InChI is InChI=1S/C4H15N5.C3H4O3/c5-2-1-3(6)4(7,8)9;4-3-5-1-2-6-3/h3H,1-2,5-9H2;1-2H2. The number of carbonyl (C=O) groups excluding carboxylic acids is 1. The molecule has 0 aromatic rings. The maximum atomic E-state index is 9.80. The van der Waals surface area contributed by atoms with E-state index in [1.165, 1.54) is 0 Å². The quantitative estimate of drug-likeness (QED) is 0.254. The van der Waals surface area contributed by atoms with E-state index in [4.69, 9.17) is 28.7 Å². The summed E-state index contributed by atoms with van der Waals surface area (Å²) >= 11 is 0. The highest BCUT2D eigenvalue weighted by atomic mass is 16.8. The van der Waals surface area contributed by atoms with Gasteiger partial charge in [-0.2, -0.15) is 0 Å². The molecule has 8 heteroatoms. The van der Waals surface area contributed by atoms with E-state index in [2.05, 4.69) is 9.47 Å². The molecule has 1 heterocycles. The molecule has 1 aliphatic rings. The van der Waals surface area contributed by atoms with Gasteiger partial charge in [0.05, 0.1) is 6.04 Å². The Hall–Kier alpha value is -0.930. The van der Waals surface area contributed by atoms with Gasteiger partial charge in [0.25, 0.3) is 0 Å². The van der Waals surface area contributed by atoms with Crippen LogP contribution in [-0.2, 0) is 9.47 Å². The second kappa shape index (κ2) is 6.53. The van der Waals surface area contributed by atoms with Crippen molar-refractivity contribution in [3.8, 4) is 0 Å². The van der Waals surface area contributed by atoms with Crippen LogP contribution in [0, 0.1) is 0 Å². The Bertz CT molecular complexity index is 186. The van der Waals surface area contributed by atoms with Gasteiger partial charge in [-0.05, 0) is 13.0 Å². The first kappa shape index (κ1) is 14.1. The molecule has 1 rings (SSSR count). The Labute approximate surface area is 88.0 Å². The van der Waals surface area contributed by atoms with Crippen LogP contribution < -0.4 is 28.7 Å². The highest BCUT2D eigenvalue weighted by Crippen LogP contribution is 1.92. The molecule has 15 heavy (non-hydrogen) atoms. The summed E-state index contributed by atoms with van der Waals surface area (Å²) in [6.07, 6.45) is -0.00116. The molecule has 1 saturated heterocycles. The van der Waals surface area contributed by atoms with Gasteiger partial charge >= 0.3 is 6.16 Å². The van der Waals surface area contributed by atoms with Crippen molar-refractivity contribution in [3.63, 3.8) is 0 Å². The molecule has 0 aromatic heterocycles. The molecule has 0 aliphatic carbocycles. The molecule has 0 bridgehead atoms. The highest BCUT2D eigenvalue weighted by Gasteiger charge is 2.20. The van der Waals surface area contributed by atoms with Crippen molar-refractivity contribution in [2.75, 3.05) is 19.8 Å². The minimum Gasteiger partial charge on any atom is -0.431 e. The van der Waals surface area contributed by atoms with Crippen molar-refractivity contribution in [2.24, 2.45) is 28.7 Å². The van der Waals surface area contributed by atoms with Crippen LogP contribution in [-0.4, -0.2) is 37.7 Å². The lowest BCUT2D eigenvalue weighted by Crippen LogP contribution is -2.69. The fourth-order valence-corrected chi connectivity index (χ4v) is 0.721. The lowest BCUT2D eigenvalue weighted by atomic mass is 10.1. The van der Waals surface area contributed by atoms with Gasteiger partial charge in [0.2, 0.25) is 0 Å². The smallest absolute Gasteiger partial charge is 0.431 e. The fraction of sp³-hybridized carbons (Fsp3) is 0.857. The molecule has 1 atom stereocenters. The Balaban J connectivity index is 0.000000280. The van der Waals surface area contributed by atoms with Crippen molar-refractivity contribution in [2.45, 2.75) is 18.2 Å². The molecule has 8 nitrogen and oxygen atoms in total. The average molecular weight is 221 g/mol. The first-order chi connectivity index (χ1) is 6.88. The van der Waals surface area contributed by atoms with Gasteiger partial charge in [0.15, 0.2) is 0 Å². The first-order valence-electron chi connectivity index (χ1n) is 4.49. The monoisotopic (exact) mass is 221 g/mol. The van der Waals surface area contributed by atoms with Crippen molar-refractivity contribution in [1.82, 2.24) is 0 Å². The summed E-state index contributed by atoms with van der Waals surface area (Å²) in [6.45, 7) is 1.28. The molecular formula is C7H19N5O3. The third-order valence-corrected chi connectivity index (χ3v) is 1.64. The highest BCUT2D eigenvalue weighted by molar-refractivity contribution is 5.61.